The van der Waals surface area contributed by atoms with Gasteiger partial charge in [0.1, 0.15) is 0 Å². The summed E-state index contributed by atoms with van der Waals surface area (Å²) in [5, 5.41) is 0. The molecule has 70 valence electrons. The van der Waals surface area contributed by atoms with E-state index in [1.165, 1.54) is 5.57 Å². The number of cyclic esters (lactones) is 2. The van der Waals surface area contributed by atoms with Crippen molar-refractivity contribution in [2.24, 2.45) is 5.41 Å². The highest BCUT2D eigenvalue weighted by Crippen LogP contribution is 2.46. The van der Waals surface area contributed by atoms with Gasteiger partial charge in [-0.25, -0.2) is 0 Å². The average Bonchev–Trinajstić information content (AvgIpc) is 2.10. The molecule has 2 aliphatic rings. The Bertz CT molecular complexity index is 311. The van der Waals surface area contributed by atoms with Gasteiger partial charge in [-0.2, -0.15) is 0 Å². The first-order valence-electron chi connectivity index (χ1n) is 4.48. The maximum atomic E-state index is 11.2. The molecule has 3 nitrogen and oxygen atoms in total. The lowest BCUT2D eigenvalue weighted by molar-refractivity contribution is -0.197. The summed E-state index contributed by atoms with van der Waals surface area (Å²) in [4.78, 5) is 22.4. The summed E-state index contributed by atoms with van der Waals surface area (Å²) in [5.41, 5.74) is 1.68. The van der Waals surface area contributed by atoms with Crippen LogP contribution in [0.15, 0.2) is 11.1 Å². The van der Waals surface area contributed by atoms with Crippen LogP contribution in [0.1, 0.15) is 33.1 Å². The molecule has 1 aliphatic carbocycles. The summed E-state index contributed by atoms with van der Waals surface area (Å²) in [6.45, 7) is 4.03. The molecule has 1 saturated heterocycles. The average molecular weight is 180 g/mol. The van der Waals surface area contributed by atoms with E-state index in [0.29, 0.717) is 12.8 Å². The van der Waals surface area contributed by atoms with Gasteiger partial charge in [-0.3, -0.25) is 9.59 Å². The lowest BCUT2D eigenvalue weighted by Crippen LogP contribution is -2.54. The standard InChI is InChI=1S/C10H12O3/c1-6-3-4-10(5-7(6)2)8(11)13-9(10)12/h3-5H2,1-2H3. The number of carbonyl (C=O) groups excluding carboxylic acids is 2. The summed E-state index contributed by atoms with van der Waals surface area (Å²) in [7, 11) is 0. The SMILES string of the molecule is CC1=C(C)CC2(CC1)C(=O)OC2=O. The fourth-order valence-electron chi connectivity index (χ4n) is 1.97. The van der Waals surface area contributed by atoms with Crippen LogP contribution in [-0.2, 0) is 14.3 Å². The van der Waals surface area contributed by atoms with E-state index in [1.54, 1.807) is 0 Å². The number of ether oxygens (including phenoxy) is 1. The summed E-state index contributed by atoms with van der Waals surface area (Å²) < 4.78 is 4.42. The zero-order valence-corrected chi connectivity index (χ0v) is 7.85. The minimum Gasteiger partial charge on any atom is -0.391 e. The molecule has 0 aromatic rings. The summed E-state index contributed by atoms with van der Waals surface area (Å²) in [6.07, 6.45) is 2.04. The summed E-state index contributed by atoms with van der Waals surface area (Å²) >= 11 is 0. The van der Waals surface area contributed by atoms with Gasteiger partial charge in [-0.1, -0.05) is 11.1 Å². The minimum absolute atomic E-state index is 0.329. The highest BCUT2D eigenvalue weighted by atomic mass is 16.6. The maximum Gasteiger partial charge on any atom is 0.331 e. The van der Waals surface area contributed by atoms with E-state index in [0.717, 1.165) is 12.0 Å². The second kappa shape index (κ2) is 2.44. The molecule has 1 spiro atoms. The smallest absolute Gasteiger partial charge is 0.331 e. The molecule has 0 bridgehead atoms. The highest BCUT2D eigenvalue weighted by molar-refractivity contribution is 6.14. The highest BCUT2D eigenvalue weighted by Gasteiger charge is 2.59. The van der Waals surface area contributed by atoms with Crippen LogP contribution in [0.2, 0.25) is 0 Å². The van der Waals surface area contributed by atoms with E-state index in [4.69, 9.17) is 0 Å². The predicted octanol–water partition coefficient (Wildman–Crippen LogP) is 1.58. The molecule has 1 heterocycles. The molecule has 0 N–H and O–H groups in total. The number of hydrogen-bond donors (Lipinski definition) is 0. The molecule has 1 aliphatic heterocycles. The Morgan fingerprint density at radius 3 is 2.23 bits per heavy atom. The van der Waals surface area contributed by atoms with E-state index in [-0.39, 0.29) is 11.9 Å². The summed E-state index contributed by atoms with van der Waals surface area (Å²) in [6, 6.07) is 0. The number of esters is 2. The molecule has 0 radical (unpaired) electrons. The van der Waals surface area contributed by atoms with Crippen LogP contribution in [0.25, 0.3) is 0 Å². The lowest BCUT2D eigenvalue weighted by Gasteiger charge is -2.39. The van der Waals surface area contributed by atoms with Crippen LogP contribution in [0.3, 0.4) is 0 Å². The van der Waals surface area contributed by atoms with Crippen molar-refractivity contribution < 1.29 is 14.3 Å². The van der Waals surface area contributed by atoms with Gasteiger partial charge in [0.25, 0.3) is 0 Å². The van der Waals surface area contributed by atoms with Gasteiger partial charge >= 0.3 is 11.9 Å². The quantitative estimate of drug-likeness (QED) is 0.323. The Labute approximate surface area is 76.8 Å². The molecule has 0 atom stereocenters. The van der Waals surface area contributed by atoms with Crippen molar-refractivity contribution in [1.29, 1.82) is 0 Å². The van der Waals surface area contributed by atoms with Gasteiger partial charge in [-0.15, -0.1) is 0 Å². The van der Waals surface area contributed by atoms with Crippen molar-refractivity contribution in [2.75, 3.05) is 0 Å². The molecular formula is C10H12O3. The Balaban J connectivity index is 2.30. The second-order valence-corrected chi connectivity index (χ2v) is 4.00. The molecular weight excluding hydrogens is 168 g/mol. The number of allylic oxidation sites excluding steroid dienone is 2. The minimum atomic E-state index is -0.788. The van der Waals surface area contributed by atoms with Crippen LogP contribution < -0.4 is 0 Å². The number of carbonyl (C=O) groups is 2. The van der Waals surface area contributed by atoms with Crippen molar-refractivity contribution in [3.05, 3.63) is 11.1 Å². The van der Waals surface area contributed by atoms with Crippen molar-refractivity contribution in [1.82, 2.24) is 0 Å². The first kappa shape index (κ1) is 8.48. The van der Waals surface area contributed by atoms with Gasteiger partial charge in [0.2, 0.25) is 0 Å². The molecule has 0 unspecified atom stereocenters. The third-order valence-corrected chi connectivity index (χ3v) is 3.19. The van der Waals surface area contributed by atoms with Crippen molar-refractivity contribution >= 4 is 11.9 Å². The molecule has 0 aromatic carbocycles. The van der Waals surface area contributed by atoms with E-state index >= 15 is 0 Å². The van der Waals surface area contributed by atoms with Crippen LogP contribution in [0.5, 0.6) is 0 Å². The monoisotopic (exact) mass is 180 g/mol. The normalized spacial score (nSPS) is 26.0. The molecule has 13 heavy (non-hydrogen) atoms. The van der Waals surface area contributed by atoms with E-state index in [2.05, 4.69) is 11.7 Å². The molecule has 1 fully saturated rings. The summed E-state index contributed by atoms with van der Waals surface area (Å²) in [5.74, 6) is -0.659. The van der Waals surface area contributed by atoms with Crippen molar-refractivity contribution in [3.63, 3.8) is 0 Å². The third kappa shape index (κ3) is 0.961. The fourth-order valence-corrected chi connectivity index (χ4v) is 1.97. The second-order valence-electron chi connectivity index (χ2n) is 4.00. The van der Waals surface area contributed by atoms with E-state index in [9.17, 15) is 9.59 Å². The zero-order chi connectivity index (χ0) is 9.64. The van der Waals surface area contributed by atoms with Crippen molar-refractivity contribution in [2.45, 2.75) is 33.1 Å². The molecule has 0 amide bonds. The van der Waals surface area contributed by atoms with Gasteiger partial charge in [0.15, 0.2) is 5.41 Å². The van der Waals surface area contributed by atoms with Gasteiger partial charge in [-0.05, 0) is 33.1 Å². The molecule has 0 aromatic heterocycles. The predicted molar refractivity (Wildman–Crippen MR) is 45.8 cm³/mol. The van der Waals surface area contributed by atoms with Crippen LogP contribution >= 0.6 is 0 Å². The van der Waals surface area contributed by atoms with Crippen LogP contribution in [0.4, 0.5) is 0 Å². The maximum absolute atomic E-state index is 11.2. The van der Waals surface area contributed by atoms with Gasteiger partial charge in [0.05, 0.1) is 0 Å². The molecule has 0 saturated carbocycles. The molecule has 2 rings (SSSR count). The first-order chi connectivity index (χ1) is 6.06. The van der Waals surface area contributed by atoms with Gasteiger partial charge < -0.3 is 4.74 Å². The largest absolute Gasteiger partial charge is 0.391 e. The Kier molecular flexibility index (Phi) is 1.59. The lowest BCUT2D eigenvalue weighted by atomic mass is 9.69. The van der Waals surface area contributed by atoms with E-state index in [1.807, 2.05) is 6.92 Å². The van der Waals surface area contributed by atoms with Gasteiger partial charge in [0, 0.05) is 0 Å². The molecule has 3 heteroatoms. The Morgan fingerprint density at radius 1 is 1.15 bits per heavy atom. The Hall–Kier alpha value is -1.12. The topological polar surface area (TPSA) is 43.4 Å². The van der Waals surface area contributed by atoms with Crippen LogP contribution in [0, 0.1) is 5.41 Å². The van der Waals surface area contributed by atoms with Crippen LogP contribution in [-0.4, -0.2) is 11.9 Å². The third-order valence-electron chi connectivity index (χ3n) is 3.19. The van der Waals surface area contributed by atoms with E-state index < -0.39 is 5.41 Å². The Morgan fingerprint density at radius 2 is 1.77 bits per heavy atom. The fraction of sp³-hybridized carbons (Fsp3) is 0.600. The number of rotatable bonds is 0. The number of hydrogen-bond acceptors (Lipinski definition) is 3. The first-order valence-corrected chi connectivity index (χ1v) is 4.48. The van der Waals surface area contributed by atoms with Crippen molar-refractivity contribution in [3.8, 4) is 0 Å². The zero-order valence-electron chi connectivity index (χ0n) is 7.85.